The first-order chi connectivity index (χ1) is 12.5. The van der Waals surface area contributed by atoms with Gasteiger partial charge in [-0.3, -0.25) is 14.9 Å². The Morgan fingerprint density at radius 2 is 1.85 bits per heavy atom. The fourth-order valence-corrected chi connectivity index (χ4v) is 2.33. The summed E-state index contributed by atoms with van der Waals surface area (Å²) >= 11 is 0. The number of para-hydroxylation sites is 3. The van der Waals surface area contributed by atoms with Crippen molar-refractivity contribution in [2.45, 2.75) is 13.0 Å². The van der Waals surface area contributed by atoms with Crippen molar-refractivity contribution in [3.05, 3.63) is 70.5 Å². The molecule has 0 aliphatic rings. The maximum atomic E-state index is 12.2. The van der Waals surface area contributed by atoms with E-state index in [2.05, 4.69) is 5.32 Å². The number of rotatable bonds is 5. The van der Waals surface area contributed by atoms with Crippen LogP contribution in [0.2, 0.25) is 0 Å². The van der Waals surface area contributed by atoms with E-state index in [4.69, 9.17) is 9.15 Å². The van der Waals surface area contributed by atoms with Crippen LogP contribution in [-0.4, -0.2) is 22.9 Å². The summed E-state index contributed by atoms with van der Waals surface area (Å²) in [5.74, 6) is -1.52. The molecule has 1 aromatic heterocycles. The molecule has 0 unspecified atom stereocenters. The Morgan fingerprint density at radius 3 is 2.58 bits per heavy atom. The molecule has 26 heavy (non-hydrogen) atoms. The molecular formula is C18H14N2O6. The predicted octanol–water partition coefficient (Wildman–Crippen LogP) is 3.53. The monoisotopic (exact) mass is 354 g/mol. The van der Waals surface area contributed by atoms with E-state index in [0.717, 1.165) is 5.39 Å². The van der Waals surface area contributed by atoms with Gasteiger partial charge in [0, 0.05) is 11.5 Å². The number of benzene rings is 2. The second-order valence-electron chi connectivity index (χ2n) is 5.46. The number of ether oxygens (including phenoxy) is 1. The van der Waals surface area contributed by atoms with Gasteiger partial charge in [-0.15, -0.1) is 0 Å². The van der Waals surface area contributed by atoms with Crippen LogP contribution in [-0.2, 0) is 9.53 Å². The Bertz CT molecular complexity index is 961. The molecule has 8 heteroatoms. The van der Waals surface area contributed by atoms with E-state index in [1.165, 1.54) is 31.2 Å². The van der Waals surface area contributed by atoms with Crippen molar-refractivity contribution in [1.82, 2.24) is 0 Å². The fraction of sp³-hybridized carbons (Fsp3) is 0.111. The first-order valence-electron chi connectivity index (χ1n) is 7.69. The Morgan fingerprint density at radius 1 is 1.15 bits per heavy atom. The number of carbonyl (C=O) groups excluding carboxylic acids is 2. The molecule has 1 N–H and O–H groups in total. The van der Waals surface area contributed by atoms with Crippen molar-refractivity contribution < 1.29 is 23.7 Å². The Labute approximate surface area is 147 Å². The van der Waals surface area contributed by atoms with Gasteiger partial charge in [0.25, 0.3) is 11.6 Å². The number of hydrogen-bond acceptors (Lipinski definition) is 6. The highest BCUT2D eigenvalue weighted by Crippen LogP contribution is 2.24. The standard InChI is InChI=1S/C18H14N2O6/c1-11(17(21)19-13-7-3-4-8-14(13)20(23)24)25-18(22)16-10-12-6-2-5-9-15(12)26-16/h2-11H,1H3,(H,19,21)/t11-/m0/s1. The Kier molecular flexibility index (Phi) is 4.66. The lowest BCUT2D eigenvalue weighted by molar-refractivity contribution is -0.383. The summed E-state index contributed by atoms with van der Waals surface area (Å²) in [5.41, 5.74) is 0.294. The van der Waals surface area contributed by atoms with Crippen molar-refractivity contribution in [1.29, 1.82) is 0 Å². The molecule has 3 aromatic rings. The molecular weight excluding hydrogens is 340 g/mol. The van der Waals surface area contributed by atoms with E-state index in [0.29, 0.717) is 5.58 Å². The number of nitro groups is 1. The average molecular weight is 354 g/mol. The van der Waals surface area contributed by atoms with Crippen molar-refractivity contribution in [2.24, 2.45) is 0 Å². The molecule has 1 heterocycles. The maximum Gasteiger partial charge on any atom is 0.375 e. The largest absolute Gasteiger partial charge is 0.449 e. The molecule has 0 aliphatic heterocycles. The van der Waals surface area contributed by atoms with Crippen LogP contribution in [0.25, 0.3) is 11.0 Å². The summed E-state index contributed by atoms with van der Waals surface area (Å²) in [6, 6.07) is 14.3. The van der Waals surface area contributed by atoms with Crippen LogP contribution in [0.3, 0.4) is 0 Å². The lowest BCUT2D eigenvalue weighted by Gasteiger charge is -2.12. The average Bonchev–Trinajstić information content (AvgIpc) is 3.06. The summed E-state index contributed by atoms with van der Waals surface area (Å²) in [7, 11) is 0. The Balaban J connectivity index is 1.69. The lowest BCUT2D eigenvalue weighted by atomic mass is 10.2. The van der Waals surface area contributed by atoms with Crippen molar-refractivity contribution in [2.75, 3.05) is 5.32 Å². The summed E-state index contributed by atoms with van der Waals surface area (Å²) < 4.78 is 10.5. The van der Waals surface area contributed by atoms with Crippen LogP contribution in [0.15, 0.2) is 59.0 Å². The quantitative estimate of drug-likeness (QED) is 0.426. The zero-order chi connectivity index (χ0) is 18.7. The van der Waals surface area contributed by atoms with E-state index in [9.17, 15) is 19.7 Å². The van der Waals surface area contributed by atoms with Crippen LogP contribution in [0.4, 0.5) is 11.4 Å². The van der Waals surface area contributed by atoms with E-state index in [1.807, 2.05) is 0 Å². The van der Waals surface area contributed by atoms with Crippen LogP contribution in [0, 0.1) is 10.1 Å². The number of amides is 1. The molecule has 1 amide bonds. The molecule has 3 rings (SSSR count). The molecule has 8 nitrogen and oxygen atoms in total. The molecule has 0 radical (unpaired) electrons. The minimum absolute atomic E-state index is 0.0223. The topological polar surface area (TPSA) is 112 Å². The molecule has 0 saturated heterocycles. The van der Waals surface area contributed by atoms with Gasteiger partial charge in [0.2, 0.25) is 5.76 Å². The lowest BCUT2D eigenvalue weighted by Crippen LogP contribution is -2.30. The second-order valence-corrected chi connectivity index (χ2v) is 5.46. The van der Waals surface area contributed by atoms with Gasteiger partial charge < -0.3 is 14.5 Å². The summed E-state index contributed by atoms with van der Waals surface area (Å²) in [6.07, 6.45) is -1.17. The molecule has 1 atom stereocenters. The molecule has 0 bridgehead atoms. The summed E-state index contributed by atoms with van der Waals surface area (Å²) in [6.45, 7) is 1.37. The highest BCUT2D eigenvalue weighted by atomic mass is 16.6. The molecule has 0 aliphatic carbocycles. The van der Waals surface area contributed by atoms with Gasteiger partial charge in [-0.25, -0.2) is 4.79 Å². The molecule has 2 aromatic carbocycles. The third kappa shape index (κ3) is 3.54. The number of nitro benzene ring substituents is 1. The molecule has 0 fully saturated rings. The van der Waals surface area contributed by atoms with E-state index < -0.39 is 22.9 Å². The normalized spacial score (nSPS) is 11.7. The zero-order valence-electron chi connectivity index (χ0n) is 13.7. The molecule has 0 spiro atoms. The first kappa shape index (κ1) is 17.2. The number of nitrogens with zero attached hydrogens (tertiary/aromatic N) is 1. The first-order valence-corrected chi connectivity index (χ1v) is 7.69. The minimum atomic E-state index is -1.17. The number of nitrogens with one attached hydrogen (secondary N) is 1. The van der Waals surface area contributed by atoms with E-state index in [1.54, 1.807) is 30.3 Å². The van der Waals surface area contributed by atoms with Crippen LogP contribution in [0.5, 0.6) is 0 Å². The number of esters is 1. The number of fused-ring (bicyclic) bond motifs is 1. The van der Waals surface area contributed by atoms with Gasteiger partial charge in [0.05, 0.1) is 4.92 Å². The summed E-state index contributed by atoms with van der Waals surface area (Å²) in [5, 5.41) is 14.1. The van der Waals surface area contributed by atoms with Gasteiger partial charge in [0.1, 0.15) is 11.3 Å². The SMILES string of the molecule is C[C@H](OC(=O)c1cc2ccccc2o1)C(=O)Nc1ccccc1[N+](=O)[O-]. The number of furan rings is 1. The van der Waals surface area contributed by atoms with Gasteiger partial charge in [0.15, 0.2) is 6.10 Å². The maximum absolute atomic E-state index is 12.2. The molecule has 132 valence electrons. The smallest absolute Gasteiger partial charge is 0.375 e. The predicted molar refractivity (Wildman–Crippen MR) is 92.8 cm³/mol. The van der Waals surface area contributed by atoms with Crippen molar-refractivity contribution >= 4 is 34.2 Å². The highest BCUT2D eigenvalue weighted by molar-refractivity contribution is 5.99. The third-order valence-electron chi connectivity index (χ3n) is 3.64. The van der Waals surface area contributed by atoms with Crippen molar-refractivity contribution in [3.63, 3.8) is 0 Å². The van der Waals surface area contributed by atoms with Gasteiger partial charge in [-0.1, -0.05) is 30.3 Å². The number of hydrogen-bond donors (Lipinski definition) is 1. The summed E-state index contributed by atoms with van der Waals surface area (Å²) in [4.78, 5) is 34.7. The van der Waals surface area contributed by atoms with Gasteiger partial charge in [-0.05, 0) is 25.1 Å². The second kappa shape index (κ2) is 7.06. The van der Waals surface area contributed by atoms with Gasteiger partial charge >= 0.3 is 5.97 Å². The van der Waals surface area contributed by atoms with E-state index >= 15 is 0 Å². The highest BCUT2D eigenvalue weighted by Gasteiger charge is 2.23. The zero-order valence-corrected chi connectivity index (χ0v) is 13.7. The molecule has 0 saturated carbocycles. The minimum Gasteiger partial charge on any atom is -0.449 e. The van der Waals surface area contributed by atoms with E-state index in [-0.39, 0.29) is 17.1 Å². The number of carbonyl (C=O) groups is 2. The van der Waals surface area contributed by atoms with Crippen LogP contribution < -0.4 is 5.32 Å². The Hall–Kier alpha value is -3.68. The third-order valence-corrected chi connectivity index (χ3v) is 3.64. The van der Waals surface area contributed by atoms with Crippen LogP contribution >= 0.6 is 0 Å². The number of anilines is 1. The van der Waals surface area contributed by atoms with Crippen molar-refractivity contribution in [3.8, 4) is 0 Å². The van der Waals surface area contributed by atoms with Gasteiger partial charge in [-0.2, -0.15) is 0 Å². The van der Waals surface area contributed by atoms with Crippen LogP contribution in [0.1, 0.15) is 17.5 Å². The fourth-order valence-electron chi connectivity index (χ4n) is 2.33.